The maximum absolute atomic E-state index is 6.78. The minimum atomic E-state index is -0.786. The number of hydrogen-bond donors (Lipinski definition) is 0. The highest BCUT2D eigenvalue weighted by Gasteiger charge is 2.53. The molecule has 0 fully saturated rings. The third-order valence-electron chi connectivity index (χ3n) is 15.3. The van der Waals surface area contributed by atoms with Crippen molar-refractivity contribution in [2.45, 2.75) is 5.41 Å². The van der Waals surface area contributed by atoms with Crippen LogP contribution in [0.3, 0.4) is 0 Å². The number of hydrogen-bond acceptors (Lipinski definition) is 4. The molecule has 7 nitrogen and oxygen atoms in total. The molecule has 6 aromatic heterocycles. The van der Waals surface area contributed by atoms with Gasteiger partial charge in [-0.2, -0.15) is 0 Å². The molecule has 1 aliphatic heterocycles. The quantitative estimate of drug-likeness (QED) is 0.176. The minimum Gasteiger partial charge on any atom is -0.457 e. The average Bonchev–Trinajstić information content (AvgIpc) is 4.15. The fourth-order valence-electron chi connectivity index (χ4n) is 12.4. The summed E-state index contributed by atoms with van der Waals surface area (Å²) in [6, 6.07) is 74.0. The second-order valence-corrected chi connectivity index (χ2v) is 18.7. The molecule has 0 bridgehead atoms. The number of fused-ring (bicyclic) bond motifs is 18. The van der Waals surface area contributed by atoms with Crippen molar-refractivity contribution in [2.24, 2.45) is 0 Å². The molecule has 0 unspecified atom stereocenters. The largest absolute Gasteiger partial charge is 0.457 e. The molecule has 7 heterocycles. The lowest BCUT2D eigenvalue weighted by atomic mass is 9.66. The van der Waals surface area contributed by atoms with Crippen LogP contribution in [0.15, 0.2) is 231 Å². The molecule has 0 N–H and O–H groups in total. The molecular weight excluding hydrogens is 869 g/mol. The van der Waals surface area contributed by atoms with E-state index in [0.717, 1.165) is 112 Å². The van der Waals surface area contributed by atoms with E-state index < -0.39 is 5.41 Å². The lowest BCUT2D eigenvalue weighted by Crippen LogP contribution is -2.32. The maximum atomic E-state index is 6.78. The molecule has 14 aromatic rings. The fourth-order valence-corrected chi connectivity index (χ4v) is 12.4. The van der Waals surface area contributed by atoms with Crippen LogP contribution in [0.25, 0.3) is 105 Å². The molecule has 0 atom stereocenters. The highest BCUT2D eigenvalue weighted by Crippen LogP contribution is 2.62. The van der Waals surface area contributed by atoms with Crippen molar-refractivity contribution in [3.63, 3.8) is 0 Å². The number of nitrogens with zero attached hydrogens (tertiary/aromatic N) is 6. The molecule has 71 heavy (non-hydrogen) atoms. The van der Waals surface area contributed by atoms with E-state index in [2.05, 4.69) is 220 Å². The second-order valence-electron chi connectivity index (χ2n) is 18.7. The van der Waals surface area contributed by atoms with Gasteiger partial charge in [0.15, 0.2) is 0 Å². The van der Waals surface area contributed by atoms with Crippen LogP contribution in [0.5, 0.6) is 11.5 Å². The first-order valence-electron chi connectivity index (χ1n) is 24.1. The van der Waals surface area contributed by atoms with Gasteiger partial charge in [0.2, 0.25) is 0 Å². The van der Waals surface area contributed by atoms with E-state index in [4.69, 9.17) is 19.7 Å². The number of para-hydroxylation sites is 7. The zero-order valence-corrected chi connectivity index (χ0v) is 38.0. The van der Waals surface area contributed by atoms with E-state index in [1.54, 1.807) is 0 Å². The van der Waals surface area contributed by atoms with Crippen LogP contribution in [-0.2, 0) is 5.41 Å². The average molecular weight is 907 g/mol. The van der Waals surface area contributed by atoms with E-state index >= 15 is 0 Å². The Morgan fingerprint density at radius 3 is 1.39 bits per heavy atom. The van der Waals surface area contributed by atoms with Gasteiger partial charge in [-0.05, 0) is 78.4 Å². The van der Waals surface area contributed by atoms with Crippen LogP contribution < -0.4 is 4.74 Å². The summed E-state index contributed by atoms with van der Waals surface area (Å²) in [7, 11) is 0. The molecule has 0 saturated heterocycles. The Morgan fingerprint density at radius 2 is 0.803 bits per heavy atom. The van der Waals surface area contributed by atoms with Gasteiger partial charge in [0, 0.05) is 72.5 Å². The van der Waals surface area contributed by atoms with Gasteiger partial charge in [-0.25, -0.2) is 0 Å². The summed E-state index contributed by atoms with van der Waals surface area (Å²) in [6.45, 7) is 0. The Labute approximate surface area is 406 Å². The fraction of sp³-hybridized carbons (Fsp3) is 0.0156. The zero-order valence-electron chi connectivity index (χ0n) is 38.0. The van der Waals surface area contributed by atoms with Crippen molar-refractivity contribution in [1.29, 1.82) is 0 Å². The molecule has 2 aliphatic rings. The summed E-state index contributed by atoms with van der Waals surface area (Å²) in [5.74, 6) is 1.64. The van der Waals surface area contributed by atoms with Crippen LogP contribution in [0.4, 0.5) is 0 Å². The number of pyridine rings is 3. The van der Waals surface area contributed by atoms with Gasteiger partial charge in [-0.15, -0.1) is 0 Å². The highest BCUT2D eigenvalue weighted by atomic mass is 16.5. The molecule has 16 rings (SSSR count). The summed E-state index contributed by atoms with van der Waals surface area (Å²) < 4.78 is 13.9. The molecule has 7 heteroatoms. The van der Waals surface area contributed by atoms with Crippen molar-refractivity contribution < 1.29 is 4.74 Å². The zero-order chi connectivity index (χ0) is 46.4. The minimum absolute atomic E-state index is 0.786. The SMILES string of the molecule is c1ccc2c(c1)Oc1ccccc1C21c2cc(-c3ccc4c(c3)c3ccccc3n4-c3ccncc3-n3c4ccccc4c4ccccc43)cnc2-c2ncc(-n3c4ccccc4c4ccccc43)cc21. The van der Waals surface area contributed by atoms with Crippen LogP contribution in [0, 0.1) is 0 Å². The van der Waals surface area contributed by atoms with Crippen LogP contribution in [-0.4, -0.2) is 28.7 Å². The number of ether oxygens (including phenoxy) is 1. The van der Waals surface area contributed by atoms with E-state index in [1.165, 1.54) is 26.9 Å². The van der Waals surface area contributed by atoms with E-state index in [9.17, 15) is 0 Å². The predicted octanol–water partition coefficient (Wildman–Crippen LogP) is 15.3. The van der Waals surface area contributed by atoms with Crippen molar-refractivity contribution in [1.82, 2.24) is 28.7 Å². The van der Waals surface area contributed by atoms with Crippen LogP contribution in [0.1, 0.15) is 22.3 Å². The van der Waals surface area contributed by atoms with Crippen molar-refractivity contribution >= 4 is 65.4 Å². The van der Waals surface area contributed by atoms with Gasteiger partial charge in [0.25, 0.3) is 0 Å². The molecular formula is C64H38N6O. The van der Waals surface area contributed by atoms with E-state index in [1.807, 2.05) is 24.8 Å². The third-order valence-corrected chi connectivity index (χ3v) is 15.3. The van der Waals surface area contributed by atoms with Crippen LogP contribution in [0.2, 0.25) is 0 Å². The molecule has 0 amide bonds. The van der Waals surface area contributed by atoms with Gasteiger partial charge in [0.1, 0.15) is 11.5 Å². The topological polar surface area (TPSA) is 62.7 Å². The Morgan fingerprint density at radius 1 is 0.338 bits per heavy atom. The van der Waals surface area contributed by atoms with Crippen LogP contribution >= 0.6 is 0 Å². The lowest BCUT2D eigenvalue weighted by Gasteiger charge is -2.39. The van der Waals surface area contributed by atoms with Gasteiger partial charge >= 0.3 is 0 Å². The lowest BCUT2D eigenvalue weighted by molar-refractivity contribution is 0.436. The van der Waals surface area contributed by atoms with Gasteiger partial charge in [-0.1, -0.05) is 133 Å². The maximum Gasteiger partial charge on any atom is 0.132 e. The molecule has 0 saturated carbocycles. The predicted molar refractivity (Wildman–Crippen MR) is 286 cm³/mol. The summed E-state index contributed by atoms with van der Waals surface area (Å²) in [5, 5.41) is 7.16. The van der Waals surface area contributed by atoms with Gasteiger partial charge < -0.3 is 18.4 Å². The van der Waals surface area contributed by atoms with Gasteiger partial charge in [0.05, 0.1) is 79.4 Å². The smallest absolute Gasteiger partial charge is 0.132 e. The Bertz CT molecular complexity index is 4440. The Kier molecular flexibility index (Phi) is 7.69. The third kappa shape index (κ3) is 5.08. The summed E-state index contributed by atoms with van der Waals surface area (Å²) >= 11 is 0. The first-order valence-corrected chi connectivity index (χ1v) is 24.1. The van der Waals surface area contributed by atoms with Crippen molar-refractivity contribution in [3.8, 4) is 51.1 Å². The number of aromatic nitrogens is 6. The molecule has 8 aromatic carbocycles. The normalized spacial score (nSPS) is 13.3. The van der Waals surface area contributed by atoms with Crippen molar-refractivity contribution in [3.05, 3.63) is 253 Å². The Balaban J connectivity index is 0.917. The molecule has 1 aliphatic carbocycles. The van der Waals surface area contributed by atoms with Gasteiger partial charge in [-0.3, -0.25) is 15.0 Å². The first-order chi connectivity index (χ1) is 35.2. The van der Waals surface area contributed by atoms with Crippen molar-refractivity contribution in [2.75, 3.05) is 0 Å². The highest BCUT2D eigenvalue weighted by molar-refractivity contribution is 6.13. The number of benzene rings is 8. The summed E-state index contributed by atoms with van der Waals surface area (Å²) in [4.78, 5) is 15.6. The first kappa shape index (κ1) is 38.4. The molecule has 1 spiro atoms. The molecule has 0 radical (unpaired) electrons. The van der Waals surface area contributed by atoms with E-state index in [-0.39, 0.29) is 0 Å². The number of rotatable bonds is 4. The van der Waals surface area contributed by atoms with E-state index in [0.29, 0.717) is 0 Å². The monoisotopic (exact) mass is 906 g/mol. The summed E-state index contributed by atoms with van der Waals surface area (Å²) in [5.41, 5.74) is 17.2. The standard InChI is InChI=1S/C64H38N6O/c1-8-22-52-42(15-1)43-16-2-9-23-53(43)68(52)41-35-51-63(67-37-41)62-50(64(51)48-20-6-13-27-60(48)71-61-28-14-7-21-49(61)64)34-40(36-66-62)39-29-30-57-47(33-39)46-19-5-12-26-56(46)69(57)58-31-32-65-38-59(58)70-54-24-10-3-17-44(54)45-18-4-11-25-55(45)70/h1-38H. The Hall–Kier alpha value is -9.59. The summed E-state index contributed by atoms with van der Waals surface area (Å²) in [6.07, 6.45) is 7.96. The second kappa shape index (κ2) is 14.2. The molecule has 330 valence electrons.